The first-order valence-electron chi connectivity index (χ1n) is 18.1. The summed E-state index contributed by atoms with van der Waals surface area (Å²) in [5, 5.41) is 11.9. The van der Waals surface area contributed by atoms with E-state index < -0.39 is 71.5 Å². The van der Waals surface area contributed by atoms with E-state index in [2.05, 4.69) is 11.8 Å². The highest BCUT2D eigenvalue weighted by atomic mass is 16.8. The van der Waals surface area contributed by atoms with E-state index in [1.165, 1.54) is 6.92 Å². The van der Waals surface area contributed by atoms with Crippen molar-refractivity contribution in [3.63, 3.8) is 0 Å². The average Bonchev–Trinajstić information content (AvgIpc) is 3.47. The Morgan fingerprint density at radius 3 is 2.31 bits per heavy atom. The lowest BCUT2D eigenvalue weighted by Gasteiger charge is -2.48. The van der Waals surface area contributed by atoms with Gasteiger partial charge in [0.2, 0.25) is 0 Å². The standard InChI is InChI=1S/C36H61NO11/c1-12-26-36(11,48-34(8,9)46-26)31-23(6)28-19(2)18-35(10,47-28)30(21(4)27(39)22(5)32(40)44-31)45-33-29(43-24(7)38)25(17-20(3)42-33)37-13-15-41-16-14-37/h19-23,25-31,33,39H,12-18H2,1-11H3/t19?,20?,21-,22+,23-,25?,26+,27-,28?,29?,30+,31+,33-,35-,36+/m0/s1. The maximum atomic E-state index is 14.0. The third kappa shape index (κ3) is 7.33. The summed E-state index contributed by atoms with van der Waals surface area (Å²) in [5.74, 6) is -3.50. The number of nitrogens with zero attached hydrogens (tertiary/aromatic N) is 1. The van der Waals surface area contributed by atoms with Gasteiger partial charge in [-0.2, -0.15) is 0 Å². The van der Waals surface area contributed by atoms with Crippen LogP contribution in [0.25, 0.3) is 0 Å². The number of carbonyl (C=O) groups is 2. The molecule has 15 atom stereocenters. The van der Waals surface area contributed by atoms with Gasteiger partial charge >= 0.3 is 11.9 Å². The quantitative estimate of drug-likeness (QED) is 0.408. The van der Waals surface area contributed by atoms with Crippen LogP contribution < -0.4 is 0 Å². The molecule has 0 spiro atoms. The van der Waals surface area contributed by atoms with E-state index >= 15 is 0 Å². The molecule has 5 aliphatic heterocycles. The Labute approximate surface area is 286 Å². The highest BCUT2D eigenvalue weighted by molar-refractivity contribution is 5.73. The van der Waals surface area contributed by atoms with Crippen molar-refractivity contribution in [3.05, 3.63) is 0 Å². The Morgan fingerprint density at radius 1 is 1.02 bits per heavy atom. The summed E-state index contributed by atoms with van der Waals surface area (Å²) in [7, 11) is 0. The molecule has 0 aromatic rings. The third-order valence-electron chi connectivity index (χ3n) is 11.6. The van der Waals surface area contributed by atoms with Gasteiger partial charge in [-0.1, -0.05) is 27.7 Å². The summed E-state index contributed by atoms with van der Waals surface area (Å²) in [6.07, 6.45) is -3.07. The smallest absolute Gasteiger partial charge is 0.311 e. The van der Waals surface area contributed by atoms with E-state index in [0.717, 1.165) is 0 Å². The SMILES string of the molecule is CC[C@H]1OC(C)(C)O[C@@]1(C)[C@@H]1OC(=O)[C@H](C)[C@@H](O)[C@H](C)[C@@H](O[C@@H]2OC(C)CC(N3CCOCC3)C2OC(C)=O)[C@]2(C)CC(C)C(O2)[C@@H]1C. The second-order valence-electron chi connectivity index (χ2n) is 16.0. The molecule has 5 rings (SSSR count). The maximum Gasteiger partial charge on any atom is 0.311 e. The Bertz CT molecular complexity index is 1150. The van der Waals surface area contributed by atoms with Gasteiger partial charge in [0.15, 0.2) is 18.2 Å². The van der Waals surface area contributed by atoms with E-state index in [-0.39, 0.29) is 36.2 Å². The average molecular weight is 684 g/mol. The summed E-state index contributed by atoms with van der Waals surface area (Å²) in [6, 6.07) is -0.140. The highest BCUT2D eigenvalue weighted by Gasteiger charge is 2.62. The number of esters is 2. The lowest BCUT2D eigenvalue weighted by atomic mass is 9.76. The van der Waals surface area contributed by atoms with Gasteiger partial charge in [-0.15, -0.1) is 0 Å². The Hall–Kier alpha value is -1.38. The summed E-state index contributed by atoms with van der Waals surface area (Å²) in [6.45, 7) is 23.5. The number of fused-ring (bicyclic) bond motifs is 2. The number of ether oxygens (including phenoxy) is 8. The fourth-order valence-corrected chi connectivity index (χ4v) is 9.46. The van der Waals surface area contributed by atoms with Crippen LogP contribution in [0.3, 0.4) is 0 Å². The van der Waals surface area contributed by atoms with Gasteiger partial charge in [0.05, 0.1) is 61.3 Å². The second kappa shape index (κ2) is 14.3. The summed E-state index contributed by atoms with van der Waals surface area (Å²) in [5.41, 5.74) is -1.83. The van der Waals surface area contributed by atoms with Gasteiger partial charge in [-0.3, -0.25) is 14.5 Å². The molecule has 5 unspecified atom stereocenters. The molecular formula is C36H61NO11. The number of morpholine rings is 1. The first kappa shape index (κ1) is 37.9. The van der Waals surface area contributed by atoms with E-state index in [9.17, 15) is 14.7 Å². The Morgan fingerprint density at radius 2 is 1.69 bits per heavy atom. The molecule has 0 amide bonds. The maximum absolute atomic E-state index is 14.0. The van der Waals surface area contributed by atoms with Crippen LogP contribution in [0.2, 0.25) is 0 Å². The molecule has 0 aliphatic carbocycles. The fourth-order valence-electron chi connectivity index (χ4n) is 9.46. The largest absolute Gasteiger partial charge is 0.459 e. The molecule has 1 N–H and O–H groups in total. The van der Waals surface area contributed by atoms with Crippen molar-refractivity contribution >= 4 is 11.9 Å². The minimum absolute atomic E-state index is 0.0501. The number of hydrogen-bond donors (Lipinski definition) is 1. The molecule has 276 valence electrons. The van der Waals surface area contributed by atoms with Crippen molar-refractivity contribution in [2.75, 3.05) is 26.3 Å². The predicted octanol–water partition coefficient (Wildman–Crippen LogP) is 3.84. The lowest BCUT2D eigenvalue weighted by Crippen LogP contribution is -2.62. The van der Waals surface area contributed by atoms with Gasteiger partial charge in [-0.25, -0.2) is 0 Å². The second-order valence-corrected chi connectivity index (χ2v) is 16.0. The zero-order chi connectivity index (χ0) is 35.3. The summed E-state index contributed by atoms with van der Waals surface area (Å²) >= 11 is 0. The zero-order valence-electron chi connectivity index (χ0n) is 30.9. The van der Waals surface area contributed by atoms with Gasteiger partial charge in [0, 0.05) is 31.8 Å². The molecule has 12 heteroatoms. The van der Waals surface area contributed by atoms with Crippen LogP contribution in [0.15, 0.2) is 0 Å². The number of aliphatic hydroxyl groups excluding tert-OH is 1. The number of hydrogen-bond acceptors (Lipinski definition) is 12. The van der Waals surface area contributed by atoms with Crippen molar-refractivity contribution in [1.82, 2.24) is 4.90 Å². The molecule has 12 nitrogen and oxygen atoms in total. The molecule has 5 saturated heterocycles. The van der Waals surface area contributed by atoms with E-state index in [1.807, 2.05) is 55.4 Å². The van der Waals surface area contributed by atoms with Crippen LogP contribution in [0.5, 0.6) is 0 Å². The van der Waals surface area contributed by atoms with E-state index in [0.29, 0.717) is 45.6 Å². The number of carbonyl (C=O) groups excluding carboxylic acids is 2. The van der Waals surface area contributed by atoms with E-state index in [4.69, 9.17) is 37.9 Å². The molecule has 48 heavy (non-hydrogen) atoms. The van der Waals surface area contributed by atoms with Crippen LogP contribution in [0, 0.1) is 23.7 Å². The van der Waals surface area contributed by atoms with Crippen LogP contribution in [-0.2, 0) is 47.5 Å². The number of cyclic esters (lactones) is 1. The van der Waals surface area contributed by atoms with Gasteiger partial charge in [-0.05, 0) is 66.7 Å². The summed E-state index contributed by atoms with van der Waals surface area (Å²) in [4.78, 5) is 28.7. The first-order chi connectivity index (χ1) is 22.4. The van der Waals surface area contributed by atoms with Crippen molar-refractivity contribution in [2.45, 2.75) is 167 Å². The van der Waals surface area contributed by atoms with Crippen LogP contribution >= 0.6 is 0 Å². The number of aliphatic hydroxyl groups is 1. The minimum atomic E-state index is -1.14. The molecule has 5 heterocycles. The van der Waals surface area contributed by atoms with Crippen molar-refractivity contribution in [1.29, 1.82) is 0 Å². The Kier molecular flexibility index (Phi) is 11.3. The van der Waals surface area contributed by atoms with Gasteiger partial charge in [0.25, 0.3) is 0 Å². The molecule has 0 radical (unpaired) electrons. The lowest BCUT2D eigenvalue weighted by molar-refractivity contribution is -0.305. The van der Waals surface area contributed by atoms with Gasteiger partial charge in [0.1, 0.15) is 11.7 Å². The molecule has 5 aliphatic rings. The topological polar surface area (TPSA) is 131 Å². The predicted molar refractivity (Wildman–Crippen MR) is 175 cm³/mol. The zero-order valence-corrected chi connectivity index (χ0v) is 30.9. The molecule has 5 fully saturated rings. The van der Waals surface area contributed by atoms with Crippen molar-refractivity contribution in [3.8, 4) is 0 Å². The summed E-state index contributed by atoms with van der Waals surface area (Å²) < 4.78 is 51.3. The molecule has 0 aromatic carbocycles. The molecule has 2 bridgehead atoms. The number of rotatable bonds is 6. The molecule has 0 aromatic heterocycles. The Balaban J connectivity index is 1.51. The van der Waals surface area contributed by atoms with Crippen molar-refractivity contribution < 1.29 is 52.6 Å². The molecular weight excluding hydrogens is 622 g/mol. The third-order valence-corrected chi connectivity index (χ3v) is 11.6. The van der Waals surface area contributed by atoms with Crippen LogP contribution in [-0.4, -0.2) is 120 Å². The van der Waals surface area contributed by atoms with Crippen LogP contribution in [0.4, 0.5) is 0 Å². The normalized spacial score (nSPS) is 48.8. The van der Waals surface area contributed by atoms with Crippen molar-refractivity contribution in [2.24, 2.45) is 23.7 Å². The minimum Gasteiger partial charge on any atom is -0.459 e. The first-order valence-corrected chi connectivity index (χ1v) is 18.1. The monoisotopic (exact) mass is 683 g/mol. The molecule has 0 saturated carbocycles. The fraction of sp³-hybridized carbons (Fsp3) is 0.944. The van der Waals surface area contributed by atoms with Gasteiger partial charge < -0.3 is 43.0 Å². The highest BCUT2D eigenvalue weighted by Crippen LogP contribution is 2.50. The van der Waals surface area contributed by atoms with Crippen LogP contribution in [0.1, 0.15) is 95.4 Å². The van der Waals surface area contributed by atoms with E-state index in [1.54, 1.807) is 6.92 Å².